The van der Waals surface area contributed by atoms with Crippen LogP contribution in [0.2, 0.25) is 0 Å². The zero-order chi connectivity index (χ0) is 16.2. The Bertz CT molecular complexity index is 516. The van der Waals surface area contributed by atoms with Crippen LogP contribution in [0.5, 0.6) is 0 Å². The average molecular weight is 317 g/mol. The first-order valence-electron chi connectivity index (χ1n) is 7.01. The number of pyridine rings is 1. The Balaban J connectivity index is 2.00. The summed E-state index contributed by atoms with van der Waals surface area (Å²) < 4.78 is 43.8. The second-order valence-electron chi connectivity index (χ2n) is 5.18. The number of nitrogens with one attached hydrogen (secondary N) is 1. The van der Waals surface area contributed by atoms with Crippen molar-refractivity contribution in [2.75, 3.05) is 32.8 Å². The second-order valence-corrected chi connectivity index (χ2v) is 5.18. The molecule has 1 unspecified atom stereocenters. The van der Waals surface area contributed by atoms with Gasteiger partial charge in [-0.3, -0.25) is 14.7 Å². The van der Waals surface area contributed by atoms with Gasteiger partial charge in [-0.05, 0) is 19.1 Å². The Morgan fingerprint density at radius 3 is 2.77 bits per heavy atom. The van der Waals surface area contributed by atoms with Gasteiger partial charge in [0, 0.05) is 31.9 Å². The van der Waals surface area contributed by atoms with Crippen molar-refractivity contribution in [3.63, 3.8) is 0 Å². The van der Waals surface area contributed by atoms with Gasteiger partial charge in [0.05, 0.1) is 18.8 Å². The van der Waals surface area contributed by atoms with Crippen LogP contribution in [-0.2, 0) is 10.9 Å². The minimum Gasteiger partial charge on any atom is -0.379 e. The number of ether oxygens (including phenoxy) is 1. The first kappa shape index (κ1) is 16.7. The van der Waals surface area contributed by atoms with Crippen LogP contribution in [0.15, 0.2) is 18.3 Å². The van der Waals surface area contributed by atoms with Crippen LogP contribution < -0.4 is 5.32 Å². The molecular weight excluding hydrogens is 299 g/mol. The van der Waals surface area contributed by atoms with Crippen molar-refractivity contribution in [3.8, 4) is 0 Å². The molecule has 1 N–H and O–H groups in total. The molecule has 0 spiro atoms. The zero-order valence-corrected chi connectivity index (χ0v) is 12.2. The number of carbonyl (C=O) groups is 1. The minimum atomic E-state index is -4.65. The number of alkyl halides is 3. The number of morpholine rings is 1. The predicted octanol–water partition coefficient (Wildman–Crippen LogP) is 1.55. The molecule has 1 aliphatic heterocycles. The van der Waals surface area contributed by atoms with E-state index in [0.29, 0.717) is 19.8 Å². The van der Waals surface area contributed by atoms with E-state index in [-0.39, 0.29) is 6.04 Å². The summed E-state index contributed by atoms with van der Waals surface area (Å²) in [6.45, 7) is 5.08. The molecule has 5 nitrogen and oxygen atoms in total. The summed E-state index contributed by atoms with van der Waals surface area (Å²) in [6, 6.07) is 2.18. The summed E-state index contributed by atoms with van der Waals surface area (Å²) in [5.41, 5.74) is -1.62. The van der Waals surface area contributed by atoms with Crippen molar-refractivity contribution in [1.82, 2.24) is 15.2 Å². The van der Waals surface area contributed by atoms with E-state index >= 15 is 0 Å². The maximum atomic E-state index is 12.9. The highest BCUT2D eigenvalue weighted by Gasteiger charge is 2.37. The standard InChI is InChI=1S/C14H18F3N3O2/c1-10(9-20-5-7-22-8-6-20)19-13(21)11-3-2-4-18-12(11)14(15,16)17/h2-4,10H,5-9H2,1H3,(H,19,21). The lowest BCUT2D eigenvalue weighted by Gasteiger charge is -2.29. The Labute approximate surface area is 126 Å². The number of halogens is 3. The second kappa shape index (κ2) is 7.06. The number of amides is 1. The number of hydrogen-bond donors (Lipinski definition) is 1. The smallest absolute Gasteiger partial charge is 0.379 e. The van der Waals surface area contributed by atoms with Crippen LogP contribution in [0.1, 0.15) is 23.0 Å². The normalized spacial score (nSPS) is 18.0. The van der Waals surface area contributed by atoms with E-state index in [9.17, 15) is 18.0 Å². The Morgan fingerprint density at radius 2 is 2.14 bits per heavy atom. The monoisotopic (exact) mass is 317 g/mol. The molecule has 22 heavy (non-hydrogen) atoms. The number of rotatable bonds is 4. The fraction of sp³-hybridized carbons (Fsp3) is 0.571. The van der Waals surface area contributed by atoms with Crippen molar-refractivity contribution in [2.24, 2.45) is 0 Å². The first-order chi connectivity index (χ1) is 10.4. The van der Waals surface area contributed by atoms with E-state index in [1.165, 1.54) is 6.07 Å². The molecule has 0 radical (unpaired) electrons. The van der Waals surface area contributed by atoms with Gasteiger partial charge >= 0.3 is 6.18 Å². The van der Waals surface area contributed by atoms with E-state index < -0.39 is 23.3 Å². The fourth-order valence-corrected chi connectivity index (χ4v) is 2.33. The molecule has 8 heteroatoms. The predicted molar refractivity (Wildman–Crippen MR) is 73.4 cm³/mol. The molecule has 2 heterocycles. The van der Waals surface area contributed by atoms with Gasteiger partial charge < -0.3 is 10.1 Å². The van der Waals surface area contributed by atoms with E-state index in [4.69, 9.17) is 4.74 Å². The van der Waals surface area contributed by atoms with Crippen LogP contribution in [0, 0.1) is 0 Å². The van der Waals surface area contributed by atoms with Crippen molar-refractivity contribution in [2.45, 2.75) is 19.1 Å². The van der Waals surface area contributed by atoms with Gasteiger partial charge in [-0.1, -0.05) is 0 Å². The third-order valence-corrected chi connectivity index (χ3v) is 3.33. The molecule has 1 aliphatic rings. The number of nitrogens with zero attached hydrogens (tertiary/aromatic N) is 2. The molecule has 1 aromatic rings. The lowest BCUT2D eigenvalue weighted by atomic mass is 10.1. The molecule has 1 saturated heterocycles. The molecule has 1 amide bonds. The van der Waals surface area contributed by atoms with Crippen LogP contribution in [-0.4, -0.2) is 54.7 Å². The highest BCUT2D eigenvalue weighted by Crippen LogP contribution is 2.29. The third-order valence-electron chi connectivity index (χ3n) is 3.33. The largest absolute Gasteiger partial charge is 0.434 e. The molecule has 2 rings (SSSR count). The molecular formula is C14H18F3N3O2. The van der Waals surface area contributed by atoms with Gasteiger partial charge in [-0.15, -0.1) is 0 Å². The van der Waals surface area contributed by atoms with E-state index in [1.54, 1.807) is 6.92 Å². The van der Waals surface area contributed by atoms with Crippen LogP contribution in [0.3, 0.4) is 0 Å². The van der Waals surface area contributed by atoms with E-state index in [1.807, 2.05) is 0 Å². The van der Waals surface area contributed by atoms with Crippen LogP contribution >= 0.6 is 0 Å². The van der Waals surface area contributed by atoms with Crippen molar-refractivity contribution >= 4 is 5.91 Å². The summed E-state index contributed by atoms with van der Waals surface area (Å²) in [6.07, 6.45) is -3.63. The maximum absolute atomic E-state index is 12.9. The zero-order valence-electron chi connectivity index (χ0n) is 12.2. The molecule has 1 fully saturated rings. The molecule has 0 bridgehead atoms. The summed E-state index contributed by atoms with van der Waals surface area (Å²) in [7, 11) is 0. The Morgan fingerprint density at radius 1 is 1.45 bits per heavy atom. The van der Waals surface area contributed by atoms with Crippen molar-refractivity contribution < 1.29 is 22.7 Å². The molecule has 1 atom stereocenters. The van der Waals surface area contributed by atoms with E-state index in [2.05, 4.69) is 15.2 Å². The Hall–Kier alpha value is -1.67. The number of hydrogen-bond acceptors (Lipinski definition) is 4. The lowest BCUT2D eigenvalue weighted by Crippen LogP contribution is -2.46. The first-order valence-corrected chi connectivity index (χ1v) is 7.01. The quantitative estimate of drug-likeness (QED) is 0.915. The number of carbonyl (C=O) groups excluding carboxylic acids is 1. The summed E-state index contributed by atoms with van der Waals surface area (Å²) in [4.78, 5) is 17.5. The van der Waals surface area contributed by atoms with Gasteiger partial charge in [0.25, 0.3) is 5.91 Å². The van der Waals surface area contributed by atoms with Crippen molar-refractivity contribution in [3.05, 3.63) is 29.6 Å². The highest BCUT2D eigenvalue weighted by atomic mass is 19.4. The maximum Gasteiger partial charge on any atom is 0.434 e. The van der Waals surface area contributed by atoms with Gasteiger partial charge in [0.2, 0.25) is 0 Å². The topological polar surface area (TPSA) is 54.5 Å². The molecule has 0 aromatic carbocycles. The minimum absolute atomic E-state index is 0.271. The number of aromatic nitrogens is 1. The molecule has 0 saturated carbocycles. The van der Waals surface area contributed by atoms with Crippen LogP contribution in [0.4, 0.5) is 13.2 Å². The SMILES string of the molecule is CC(CN1CCOCC1)NC(=O)c1cccnc1C(F)(F)F. The van der Waals surface area contributed by atoms with Crippen molar-refractivity contribution in [1.29, 1.82) is 0 Å². The van der Waals surface area contributed by atoms with Gasteiger partial charge in [-0.25, -0.2) is 0 Å². The van der Waals surface area contributed by atoms with Gasteiger partial charge in [0.1, 0.15) is 0 Å². The molecule has 1 aromatic heterocycles. The lowest BCUT2D eigenvalue weighted by molar-refractivity contribution is -0.141. The average Bonchev–Trinajstić information content (AvgIpc) is 2.47. The van der Waals surface area contributed by atoms with E-state index in [0.717, 1.165) is 25.4 Å². The summed E-state index contributed by atoms with van der Waals surface area (Å²) in [5, 5.41) is 2.59. The molecule has 0 aliphatic carbocycles. The highest BCUT2D eigenvalue weighted by molar-refractivity contribution is 5.95. The Kier molecular flexibility index (Phi) is 5.36. The fourth-order valence-electron chi connectivity index (χ4n) is 2.33. The summed E-state index contributed by atoms with van der Waals surface area (Å²) in [5.74, 6) is -0.763. The third kappa shape index (κ3) is 4.41. The molecule has 122 valence electrons. The van der Waals surface area contributed by atoms with Gasteiger partial charge in [0.15, 0.2) is 5.69 Å². The summed E-state index contributed by atoms with van der Waals surface area (Å²) >= 11 is 0. The van der Waals surface area contributed by atoms with Crippen LogP contribution in [0.25, 0.3) is 0 Å². The van der Waals surface area contributed by atoms with Gasteiger partial charge in [-0.2, -0.15) is 13.2 Å².